The molecule has 0 aliphatic carbocycles. The third-order valence-corrected chi connectivity index (χ3v) is 3.30. The van der Waals surface area contributed by atoms with Crippen LogP contribution in [-0.2, 0) is 4.79 Å². The predicted octanol–water partition coefficient (Wildman–Crippen LogP) is 2.29. The molecule has 1 aliphatic rings. The van der Waals surface area contributed by atoms with Crippen molar-refractivity contribution in [1.82, 2.24) is 5.32 Å². The Kier molecular flexibility index (Phi) is 4.19. The van der Waals surface area contributed by atoms with Gasteiger partial charge in [-0.3, -0.25) is 4.79 Å². The zero-order chi connectivity index (χ0) is 13.0. The molecule has 0 unspecified atom stereocenters. The molecule has 1 amide bonds. The number of nitrogens with zero attached hydrogens (tertiary/aromatic N) is 1. The molecule has 2 N–H and O–H groups in total. The maximum atomic E-state index is 12.0. The van der Waals surface area contributed by atoms with Crippen molar-refractivity contribution in [3.05, 3.63) is 28.8 Å². The van der Waals surface area contributed by atoms with Gasteiger partial charge >= 0.3 is 0 Å². The lowest BCUT2D eigenvalue weighted by molar-refractivity contribution is -0.118. The van der Waals surface area contributed by atoms with E-state index in [1.807, 2.05) is 6.07 Å². The van der Waals surface area contributed by atoms with Crippen LogP contribution in [-0.4, -0.2) is 18.5 Å². The molecular formula is C13H14ClN3O. The zero-order valence-electron chi connectivity index (χ0n) is 9.87. The lowest BCUT2D eigenvalue weighted by atomic mass is 10.0. The summed E-state index contributed by atoms with van der Waals surface area (Å²) in [5, 5.41) is 15.1. The minimum Gasteiger partial charge on any atom is -0.325 e. The van der Waals surface area contributed by atoms with Gasteiger partial charge in [-0.2, -0.15) is 5.26 Å². The van der Waals surface area contributed by atoms with Gasteiger partial charge in [0.1, 0.15) is 6.07 Å². The summed E-state index contributed by atoms with van der Waals surface area (Å²) in [5.74, 6) is -0.0459. The molecule has 1 atom stereocenters. The summed E-state index contributed by atoms with van der Waals surface area (Å²) in [4.78, 5) is 12.0. The molecule has 94 valence electrons. The first-order valence-corrected chi connectivity index (χ1v) is 6.32. The van der Waals surface area contributed by atoms with Crippen molar-refractivity contribution in [3.8, 4) is 6.07 Å². The van der Waals surface area contributed by atoms with Gasteiger partial charge in [-0.15, -0.1) is 0 Å². The molecule has 2 rings (SSSR count). The molecule has 1 aliphatic heterocycles. The minimum absolute atomic E-state index is 0.0459. The van der Waals surface area contributed by atoms with Gasteiger partial charge in [-0.05, 0) is 37.6 Å². The number of hydrogen-bond acceptors (Lipinski definition) is 3. The third kappa shape index (κ3) is 3.00. The van der Waals surface area contributed by atoms with Gasteiger partial charge in [0, 0.05) is 5.69 Å². The Morgan fingerprint density at radius 1 is 1.50 bits per heavy atom. The molecule has 1 aromatic rings. The summed E-state index contributed by atoms with van der Waals surface area (Å²) in [6, 6.07) is 6.74. The Hall–Kier alpha value is -1.57. The van der Waals surface area contributed by atoms with Crippen LogP contribution in [0.5, 0.6) is 0 Å². The number of carbonyl (C=O) groups is 1. The van der Waals surface area contributed by atoms with E-state index in [9.17, 15) is 4.79 Å². The number of hydrogen-bond donors (Lipinski definition) is 2. The minimum atomic E-state index is -0.131. The lowest BCUT2D eigenvalue weighted by Crippen LogP contribution is -2.43. The van der Waals surface area contributed by atoms with E-state index in [-0.39, 0.29) is 11.9 Å². The Bertz CT molecular complexity index is 489. The maximum absolute atomic E-state index is 12.0. The molecule has 0 radical (unpaired) electrons. The van der Waals surface area contributed by atoms with Gasteiger partial charge in [0.05, 0.1) is 16.6 Å². The predicted molar refractivity (Wildman–Crippen MR) is 70.4 cm³/mol. The fraction of sp³-hybridized carbons (Fsp3) is 0.385. The second kappa shape index (κ2) is 5.85. The van der Waals surface area contributed by atoms with E-state index in [1.54, 1.807) is 18.2 Å². The van der Waals surface area contributed by atoms with E-state index in [0.717, 1.165) is 25.8 Å². The Labute approximate surface area is 111 Å². The monoisotopic (exact) mass is 263 g/mol. The highest BCUT2D eigenvalue weighted by molar-refractivity contribution is 6.32. The van der Waals surface area contributed by atoms with E-state index >= 15 is 0 Å². The fourth-order valence-electron chi connectivity index (χ4n) is 1.99. The van der Waals surface area contributed by atoms with Crippen molar-refractivity contribution in [2.75, 3.05) is 11.9 Å². The first kappa shape index (κ1) is 12.9. The van der Waals surface area contributed by atoms with Crippen molar-refractivity contribution < 1.29 is 4.79 Å². The number of anilines is 1. The number of nitrogens with one attached hydrogen (secondary N) is 2. The number of piperidine rings is 1. The van der Waals surface area contributed by atoms with Crippen molar-refractivity contribution in [1.29, 1.82) is 5.26 Å². The van der Waals surface area contributed by atoms with Crippen molar-refractivity contribution >= 4 is 23.2 Å². The molecule has 0 bridgehead atoms. The van der Waals surface area contributed by atoms with E-state index in [4.69, 9.17) is 16.9 Å². The maximum Gasteiger partial charge on any atom is 0.241 e. The Morgan fingerprint density at radius 2 is 2.33 bits per heavy atom. The normalized spacial score (nSPS) is 19.0. The van der Waals surface area contributed by atoms with E-state index in [2.05, 4.69) is 10.6 Å². The SMILES string of the molecule is N#Cc1ccc(NC(=O)[C@H]2CCCCN2)cc1Cl. The van der Waals surface area contributed by atoms with Gasteiger partial charge in [0.25, 0.3) is 0 Å². The molecule has 0 saturated carbocycles. The number of rotatable bonds is 2. The van der Waals surface area contributed by atoms with Crippen LogP contribution in [0.1, 0.15) is 24.8 Å². The summed E-state index contributed by atoms with van der Waals surface area (Å²) in [7, 11) is 0. The highest BCUT2D eigenvalue weighted by Crippen LogP contribution is 2.20. The average molecular weight is 264 g/mol. The van der Waals surface area contributed by atoms with Crippen LogP contribution in [0, 0.1) is 11.3 Å². The quantitative estimate of drug-likeness (QED) is 0.860. The standard InChI is InChI=1S/C13H14ClN3O/c14-11-7-10(5-4-9(11)8-15)17-13(18)12-3-1-2-6-16-12/h4-5,7,12,16H,1-3,6H2,(H,17,18)/t12-/m1/s1. The molecule has 1 saturated heterocycles. The zero-order valence-corrected chi connectivity index (χ0v) is 10.6. The first-order valence-electron chi connectivity index (χ1n) is 5.94. The number of amides is 1. The van der Waals surface area contributed by atoms with Crippen LogP contribution in [0.2, 0.25) is 5.02 Å². The molecule has 18 heavy (non-hydrogen) atoms. The highest BCUT2D eigenvalue weighted by atomic mass is 35.5. The molecule has 0 spiro atoms. The van der Waals surface area contributed by atoms with Gasteiger partial charge in [0.15, 0.2) is 0 Å². The summed E-state index contributed by atoms with van der Waals surface area (Å²) in [6.45, 7) is 0.881. The molecule has 5 heteroatoms. The van der Waals surface area contributed by atoms with Crippen LogP contribution < -0.4 is 10.6 Å². The molecular weight excluding hydrogens is 250 g/mol. The van der Waals surface area contributed by atoms with E-state index < -0.39 is 0 Å². The summed E-state index contributed by atoms with van der Waals surface area (Å²) >= 11 is 5.91. The van der Waals surface area contributed by atoms with E-state index in [0.29, 0.717) is 16.3 Å². The smallest absolute Gasteiger partial charge is 0.241 e. The van der Waals surface area contributed by atoms with Gasteiger partial charge < -0.3 is 10.6 Å². The van der Waals surface area contributed by atoms with Crippen molar-refractivity contribution in [2.45, 2.75) is 25.3 Å². The van der Waals surface area contributed by atoms with Crippen LogP contribution in [0.15, 0.2) is 18.2 Å². The Balaban J connectivity index is 2.02. The molecule has 1 aromatic carbocycles. The van der Waals surface area contributed by atoms with Crippen LogP contribution in [0.25, 0.3) is 0 Å². The first-order chi connectivity index (χ1) is 8.70. The number of halogens is 1. The Morgan fingerprint density at radius 3 is 2.94 bits per heavy atom. The lowest BCUT2D eigenvalue weighted by Gasteiger charge is -2.22. The number of benzene rings is 1. The molecule has 0 aromatic heterocycles. The fourth-order valence-corrected chi connectivity index (χ4v) is 2.21. The van der Waals surface area contributed by atoms with Crippen LogP contribution >= 0.6 is 11.6 Å². The number of carbonyl (C=O) groups excluding carboxylic acids is 1. The van der Waals surface area contributed by atoms with Crippen molar-refractivity contribution in [3.63, 3.8) is 0 Å². The topological polar surface area (TPSA) is 64.9 Å². The average Bonchev–Trinajstić information content (AvgIpc) is 2.40. The summed E-state index contributed by atoms with van der Waals surface area (Å²) < 4.78 is 0. The van der Waals surface area contributed by atoms with Gasteiger partial charge in [-0.1, -0.05) is 18.0 Å². The second-order valence-corrected chi connectivity index (χ2v) is 4.71. The summed E-state index contributed by atoms with van der Waals surface area (Å²) in [5.41, 5.74) is 1.03. The highest BCUT2D eigenvalue weighted by Gasteiger charge is 2.20. The molecule has 1 fully saturated rings. The number of nitriles is 1. The van der Waals surface area contributed by atoms with Gasteiger partial charge in [0.2, 0.25) is 5.91 Å². The molecule has 1 heterocycles. The van der Waals surface area contributed by atoms with Crippen molar-refractivity contribution in [2.24, 2.45) is 0 Å². The van der Waals surface area contributed by atoms with E-state index in [1.165, 1.54) is 0 Å². The van der Waals surface area contributed by atoms with Crippen LogP contribution in [0.4, 0.5) is 5.69 Å². The second-order valence-electron chi connectivity index (χ2n) is 4.30. The molecule has 4 nitrogen and oxygen atoms in total. The largest absolute Gasteiger partial charge is 0.325 e. The van der Waals surface area contributed by atoms with Crippen LogP contribution in [0.3, 0.4) is 0 Å². The van der Waals surface area contributed by atoms with Gasteiger partial charge in [-0.25, -0.2) is 0 Å². The summed E-state index contributed by atoms with van der Waals surface area (Å²) in [6.07, 6.45) is 3.04. The third-order valence-electron chi connectivity index (χ3n) is 2.98.